The van der Waals surface area contributed by atoms with Gasteiger partial charge in [0.05, 0.1) is 10.6 Å². The monoisotopic (exact) mass is 444 g/mol. The maximum absolute atomic E-state index is 12.5. The van der Waals surface area contributed by atoms with E-state index in [1.54, 1.807) is 13.8 Å². The molecule has 154 valence electrons. The normalized spacial score (nSPS) is 14.4. The Labute approximate surface area is 176 Å². The number of nitrogens with one attached hydrogen (secondary N) is 1. The second-order valence-electron chi connectivity index (χ2n) is 6.44. The summed E-state index contributed by atoms with van der Waals surface area (Å²) in [4.78, 5) is 20.6. The van der Waals surface area contributed by atoms with Gasteiger partial charge in [-0.1, -0.05) is 13.8 Å². The highest BCUT2D eigenvalue weighted by molar-refractivity contribution is 7.89. The maximum Gasteiger partial charge on any atom is 0.257 e. The van der Waals surface area contributed by atoms with E-state index >= 15 is 0 Å². The van der Waals surface area contributed by atoms with Crippen LogP contribution in [0.5, 0.6) is 0 Å². The first-order chi connectivity index (χ1) is 12.8. The van der Waals surface area contributed by atoms with Gasteiger partial charge in [-0.05, 0) is 31.3 Å². The molecule has 1 aromatic carbocycles. The third-order valence-electron chi connectivity index (χ3n) is 4.60. The summed E-state index contributed by atoms with van der Waals surface area (Å²) in [5.41, 5.74) is 1.45. The minimum atomic E-state index is -3.52. The van der Waals surface area contributed by atoms with E-state index in [1.807, 2.05) is 0 Å². The average molecular weight is 445 g/mol. The van der Waals surface area contributed by atoms with Gasteiger partial charge >= 0.3 is 0 Å². The Hall–Kier alpha value is -1.52. The van der Waals surface area contributed by atoms with Crippen molar-refractivity contribution in [2.45, 2.75) is 31.7 Å². The molecule has 1 N–H and O–H groups in total. The number of likely N-dealkylation sites (N-methyl/N-ethyl adjacent to an activating group) is 1. The number of rotatable bonds is 6. The van der Waals surface area contributed by atoms with Crippen LogP contribution < -0.4 is 5.32 Å². The van der Waals surface area contributed by atoms with Crippen LogP contribution >= 0.6 is 23.7 Å². The van der Waals surface area contributed by atoms with Gasteiger partial charge in [0, 0.05) is 43.0 Å². The highest BCUT2D eigenvalue weighted by Gasteiger charge is 2.22. The molecule has 1 aromatic heterocycles. The summed E-state index contributed by atoms with van der Waals surface area (Å²) in [6.45, 7) is 6.23. The van der Waals surface area contributed by atoms with Crippen molar-refractivity contribution in [3.05, 3.63) is 40.4 Å². The first-order valence-corrected chi connectivity index (χ1v) is 11.2. The van der Waals surface area contributed by atoms with E-state index in [9.17, 15) is 13.2 Å². The van der Waals surface area contributed by atoms with E-state index in [0.29, 0.717) is 23.8 Å². The molecule has 0 bridgehead atoms. The van der Waals surface area contributed by atoms with Crippen LogP contribution in [0.3, 0.4) is 0 Å². The van der Waals surface area contributed by atoms with Gasteiger partial charge in [-0.15, -0.1) is 23.7 Å². The number of benzene rings is 1. The van der Waals surface area contributed by atoms with Crippen LogP contribution in [0.4, 0.5) is 5.13 Å². The molecule has 0 spiro atoms. The number of sulfonamides is 1. The fourth-order valence-electron chi connectivity index (χ4n) is 3.04. The van der Waals surface area contributed by atoms with Gasteiger partial charge < -0.3 is 4.90 Å². The molecular formula is C18H25ClN4O3S2. The predicted molar refractivity (Wildman–Crippen MR) is 114 cm³/mol. The lowest BCUT2D eigenvalue weighted by atomic mass is 10.2. The van der Waals surface area contributed by atoms with E-state index in [0.717, 1.165) is 25.2 Å². The van der Waals surface area contributed by atoms with Gasteiger partial charge in [-0.2, -0.15) is 4.31 Å². The molecule has 0 unspecified atom stereocenters. The molecule has 2 aromatic rings. The van der Waals surface area contributed by atoms with Crippen molar-refractivity contribution < 1.29 is 13.2 Å². The van der Waals surface area contributed by atoms with Crippen molar-refractivity contribution in [3.8, 4) is 0 Å². The second-order valence-corrected chi connectivity index (χ2v) is 9.47. The van der Waals surface area contributed by atoms with Crippen molar-refractivity contribution in [3.63, 3.8) is 0 Å². The van der Waals surface area contributed by atoms with Crippen LogP contribution in [-0.2, 0) is 23.0 Å². The van der Waals surface area contributed by atoms with Gasteiger partial charge in [0.1, 0.15) is 0 Å². The Bertz CT molecular complexity index is 925. The van der Waals surface area contributed by atoms with Crippen LogP contribution in [0.2, 0.25) is 0 Å². The first-order valence-electron chi connectivity index (χ1n) is 8.93. The van der Waals surface area contributed by atoms with Crippen LogP contribution in [0.1, 0.15) is 34.8 Å². The minimum absolute atomic E-state index is 0. The van der Waals surface area contributed by atoms with Crippen LogP contribution in [0, 0.1) is 0 Å². The third kappa shape index (κ3) is 4.72. The fraction of sp³-hybridized carbons (Fsp3) is 0.444. The number of carbonyl (C=O) groups excluding carboxylic acids is 1. The molecule has 2 heterocycles. The van der Waals surface area contributed by atoms with Crippen LogP contribution in [-0.4, -0.2) is 55.2 Å². The van der Waals surface area contributed by atoms with Crippen molar-refractivity contribution >= 4 is 44.8 Å². The number of aromatic nitrogens is 1. The Kier molecular flexibility index (Phi) is 7.58. The van der Waals surface area contributed by atoms with Crippen molar-refractivity contribution in [1.82, 2.24) is 14.2 Å². The largest absolute Gasteiger partial charge is 0.301 e. The standard InChI is InChI=1S/C18H24N4O3S2.ClH/c1-4-22(5-2)27(24,25)14-8-6-13(7-9-14)17(23)20-18-19-15-10-11-21(3)12-16(15)26-18;/h6-9H,4-5,10-12H2,1-3H3,(H,19,20,23);1H. The second kappa shape index (κ2) is 9.32. The number of nitrogens with zero attached hydrogens (tertiary/aromatic N) is 3. The summed E-state index contributed by atoms with van der Waals surface area (Å²) in [6.07, 6.45) is 0.885. The summed E-state index contributed by atoms with van der Waals surface area (Å²) in [5.74, 6) is -0.291. The van der Waals surface area contributed by atoms with E-state index in [4.69, 9.17) is 0 Å². The molecule has 3 rings (SSSR count). The summed E-state index contributed by atoms with van der Waals surface area (Å²) in [7, 11) is -1.46. The van der Waals surface area contributed by atoms with Crippen molar-refractivity contribution in [2.24, 2.45) is 0 Å². The zero-order valence-electron chi connectivity index (χ0n) is 16.1. The lowest BCUT2D eigenvalue weighted by Crippen LogP contribution is -2.30. The molecule has 28 heavy (non-hydrogen) atoms. The topological polar surface area (TPSA) is 82.6 Å². The van der Waals surface area contributed by atoms with Crippen LogP contribution in [0.15, 0.2) is 29.2 Å². The van der Waals surface area contributed by atoms with E-state index in [2.05, 4.69) is 22.2 Å². The average Bonchev–Trinajstić information content (AvgIpc) is 3.03. The number of amides is 1. The van der Waals surface area contributed by atoms with Gasteiger partial charge in [-0.25, -0.2) is 13.4 Å². The smallest absolute Gasteiger partial charge is 0.257 e. The molecule has 1 aliphatic rings. The number of thiazole rings is 1. The Morgan fingerprint density at radius 3 is 2.50 bits per heavy atom. The van der Waals surface area contributed by atoms with Crippen LogP contribution in [0.25, 0.3) is 0 Å². The molecule has 0 fully saturated rings. The highest BCUT2D eigenvalue weighted by Crippen LogP contribution is 2.28. The number of anilines is 1. The molecular weight excluding hydrogens is 420 g/mol. The first kappa shape index (κ1) is 22.8. The maximum atomic E-state index is 12.5. The lowest BCUT2D eigenvalue weighted by Gasteiger charge is -2.20. The molecule has 0 saturated carbocycles. The predicted octanol–water partition coefficient (Wildman–Crippen LogP) is 2.84. The number of hydrogen-bond donors (Lipinski definition) is 1. The molecule has 0 atom stereocenters. The van der Waals surface area contributed by atoms with Gasteiger partial charge in [-0.3, -0.25) is 10.1 Å². The summed E-state index contributed by atoms with van der Waals surface area (Å²) < 4.78 is 26.4. The number of hydrogen-bond acceptors (Lipinski definition) is 6. The Morgan fingerprint density at radius 1 is 1.25 bits per heavy atom. The molecule has 0 saturated heterocycles. The number of halogens is 1. The van der Waals surface area contributed by atoms with E-state index < -0.39 is 10.0 Å². The molecule has 1 aliphatic heterocycles. The molecule has 1 amide bonds. The van der Waals surface area contributed by atoms with E-state index in [1.165, 1.54) is 44.8 Å². The Balaban J connectivity index is 0.00000280. The van der Waals surface area contributed by atoms with Crippen molar-refractivity contribution in [2.75, 3.05) is 32.0 Å². The zero-order chi connectivity index (χ0) is 19.6. The number of fused-ring (bicyclic) bond motifs is 1. The summed E-state index contributed by atoms with van der Waals surface area (Å²) >= 11 is 1.49. The molecule has 0 radical (unpaired) electrons. The van der Waals surface area contributed by atoms with Crippen molar-refractivity contribution in [1.29, 1.82) is 0 Å². The van der Waals surface area contributed by atoms with Gasteiger partial charge in [0.25, 0.3) is 5.91 Å². The van der Waals surface area contributed by atoms with Gasteiger partial charge in [0.2, 0.25) is 10.0 Å². The fourth-order valence-corrected chi connectivity index (χ4v) is 5.58. The molecule has 10 heteroatoms. The Morgan fingerprint density at radius 2 is 1.89 bits per heavy atom. The third-order valence-corrected chi connectivity index (χ3v) is 7.66. The SMILES string of the molecule is CCN(CC)S(=O)(=O)c1ccc(C(=O)Nc2nc3c(s2)CN(C)CC3)cc1.Cl. The lowest BCUT2D eigenvalue weighted by molar-refractivity contribution is 0.102. The molecule has 7 nitrogen and oxygen atoms in total. The summed E-state index contributed by atoms with van der Waals surface area (Å²) in [5, 5.41) is 3.41. The quantitative estimate of drug-likeness (QED) is 0.740. The number of carbonyl (C=O) groups is 1. The minimum Gasteiger partial charge on any atom is -0.301 e. The zero-order valence-corrected chi connectivity index (χ0v) is 18.6. The molecule has 0 aliphatic carbocycles. The van der Waals surface area contributed by atoms with E-state index in [-0.39, 0.29) is 23.2 Å². The highest BCUT2D eigenvalue weighted by atomic mass is 35.5. The van der Waals surface area contributed by atoms with Gasteiger partial charge in [0.15, 0.2) is 5.13 Å². The summed E-state index contributed by atoms with van der Waals surface area (Å²) in [6, 6.07) is 6.02.